The Kier molecular flexibility index (Phi) is 9.14. The van der Waals surface area contributed by atoms with Crippen LogP contribution in [0.2, 0.25) is 0 Å². The number of likely N-dealkylation sites (N-methyl/N-ethyl adjacent to an activating group) is 1. The Morgan fingerprint density at radius 3 is 2.54 bits per heavy atom. The second kappa shape index (κ2) is 11.1. The Morgan fingerprint density at radius 1 is 1.19 bits per heavy atom. The molecule has 1 aromatic carbocycles. The minimum Gasteiger partial charge on any atom is -0.497 e. The lowest BCUT2D eigenvalue weighted by molar-refractivity contribution is -0.129. The minimum absolute atomic E-state index is 0.0108. The Bertz CT molecular complexity index is 621. The normalized spacial score (nSPS) is 11.6. The van der Waals surface area contributed by atoms with Crippen molar-refractivity contribution in [3.63, 3.8) is 0 Å². The van der Waals surface area contributed by atoms with Gasteiger partial charge in [0, 0.05) is 18.3 Å². The standard InChI is InChI=1S/C18H28N4O4/c1-5-9-19-18(25)13(2)20-16(23)11-22(3)12-17(24)21-14-7-6-8-15(10-14)26-4/h6-8,10,13H,5,9,11-12H2,1-4H3,(H,19,25)(H,20,23)(H,21,24)/t13-/m0/s1. The fourth-order valence-electron chi connectivity index (χ4n) is 2.20. The molecular formula is C18H28N4O4. The molecule has 0 radical (unpaired) electrons. The van der Waals surface area contributed by atoms with Crippen LogP contribution in [0.3, 0.4) is 0 Å². The van der Waals surface area contributed by atoms with Crippen molar-refractivity contribution in [2.24, 2.45) is 0 Å². The van der Waals surface area contributed by atoms with E-state index in [1.165, 1.54) is 0 Å². The summed E-state index contributed by atoms with van der Waals surface area (Å²) in [7, 11) is 3.21. The van der Waals surface area contributed by atoms with E-state index in [4.69, 9.17) is 4.74 Å². The molecule has 0 aliphatic rings. The molecule has 3 amide bonds. The maximum absolute atomic E-state index is 12.1. The number of benzene rings is 1. The summed E-state index contributed by atoms with van der Waals surface area (Å²) in [4.78, 5) is 37.4. The van der Waals surface area contributed by atoms with Crippen LogP contribution in [0.4, 0.5) is 5.69 Å². The van der Waals surface area contributed by atoms with Gasteiger partial charge in [-0.3, -0.25) is 19.3 Å². The number of hydrogen-bond acceptors (Lipinski definition) is 5. The summed E-state index contributed by atoms with van der Waals surface area (Å²) in [5.41, 5.74) is 0.619. The quantitative estimate of drug-likeness (QED) is 0.564. The van der Waals surface area contributed by atoms with Gasteiger partial charge in [0.1, 0.15) is 11.8 Å². The zero-order valence-electron chi connectivity index (χ0n) is 15.8. The summed E-state index contributed by atoms with van der Waals surface area (Å²) in [6.07, 6.45) is 0.831. The van der Waals surface area contributed by atoms with Crippen LogP contribution in [0.1, 0.15) is 20.3 Å². The smallest absolute Gasteiger partial charge is 0.242 e. The molecule has 3 N–H and O–H groups in total. The van der Waals surface area contributed by atoms with Crippen LogP contribution in [0, 0.1) is 0 Å². The van der Waals surface area contributed by atoms with Gasteiger partial charge in [0.15, 0.2) is 0 Å². The highest BCUT2D eigenvalue weighted by molar-refractivity contribution is 5.93. The molecule has 26 heavy (non-hydrogen) atoms. The van der Waals surface area contributed by atoms with Crippen LogP contribution >= 0.6 is 0 Å². The van der Waals surface area contributed by atoms with Gasteiger partial charge in [-0.25, -0.2) is 0 Å². The molecule has 144 valence electrons. The molecule has 0 fully saturated rings. The zero-order valence-corrected chi connectivity index (χ0v) is 15.8. The molecule has 1 aromatic rings. The van der Waals surface area contributed by atoms with Crippen molar-refractivity contribution in [3.05, 3.63) is 24.3 Å². The first kappa shape index (κ1) is 21.4. The lowest BCUT2D eigenvalue weighted by Gasteiger charge is -2.18. The minimum atomic E-state index is -0.618. The van der Waals surface area contributed by atoms with E-state index in [1.54, 1.807) is 50.2 Å². The average Bonchev–Trinajstić information content (AvgIpc) is 2.59. The topological polar surface area (TPSA) is 99.8 Å². The summed E-state index contributed by atoms with van der Waals surface area (Å²) in [5.74, 6) is -0.146. The van der Waals surface area contributed by atoms with E-state index in [1.807, 2.05) is 6.92 Å². The van der Waals surface area contributed by atoms with Gasteiger partial charge in [-0.15, -0.1) is 0 Å². The monoisotopic (exact) mass is 364 g/mol. The fraction of sp³-hybridized carbons (Fsp3) is 0.500. The summed E-state index contributed by atoms with van der Waals surface area (Å²) in [6, 6.07) is 6.40. The highest BCUT2D eigenvalue weighted by Gasteiger charge is 2.17. The van der Waals surface area contributed by atoms with Crippen molar-refractivity contribution in [1.29, 1.82) is 0 Å². The van der Waals surface area contributed by atoms with Gasteiger partial charge in [0.05, 0.1) is 20.2 Å². The van der Waals surface area contributed by atoms with E-state index >= 15 is 0 Å². The zero-order chi connectivity index (χ0) is 19.5. The summed E-state index contributed by atoms with van der Waals surface area (Å²) < 4.78 is 5.10. The SMILES string of the molecule is CCCNC(=O)[C@H](C)NC(=O)CN(C)CC(=O)Nc1cccc(OC)c1. The Morgan fingerprint density at radius 2 is 1.88 bits per heavy atom. The lowest BCUT2D eigenvalue weighted by atomic mass is 10.3. The lowest BCUT2D eigenvalue weighted by Crippen LogP contribution is -2.48. The third-order valence-electron chi connectivity index (χ3n) is 3.50. The maximum Gasteiger partial charge on any atom is 0.242 e. The molecular weight excluding hydrogens is 336 g/mol. The van der Waals surface area contributed by atoms with Crippen molar-refractivity contribution in [1.82, 2.24) is 15.5 Å². The number of methoxy groups -OCH3 is 1. The molecule has 0 bridgehead atoms. The number of nitrogens with one attached hydrogen (secondary N) is 3. The number of carbonyl (C=O) groups is 3. The number of carbonyl (C=O) groups excluding carboxylic acids is 3. The number of hydrogen-bond donors (Lipinski definition) is 3. The first-order valence-electron chi connectivity index (χ1n) is 8.55. The Hall–Kier alpha value is -2.61. The van der Waals surface area contributed by atoms with Crippen molar-refractivity contribution >= 4 is 23.4 Å². The van der Waals surface area contributed by atoms with Crippen LogP contribution in [0.25, 0.3) is 0 Å². The van der Waals surface area contributed by atoms with Crippen LogP contribution in [0.5, 0.6) is 5.75 Å². The van der Waals surface area contributed by atoms with Crippen molar-refractivity contribution in [2.45, 2.75) is 26.3 Å². The Balaban J connectivity index is 2.39. The highest BCUT2D eigenvalue weighted by Crippen LogP contribution is 2.16. The summed E-state index contributed by atoms with van der Waals surface area (Å²) >= 11 is 0. The number of rotatable bonds is 10. The van der Waals surface area contributed by atoms with E-state index in [0.29, 0.717) is 18.0 Å². The molecule has 0 heterocycles. The van der Waals surface area contributed by atoms with Crippen LogP contribution in [-0.2, 0) is 14.4 Å². The van der Waals surface area contributed by atoms with Gasteiger partial charge >= 0.3 is 0 Å². The maximum atomic E-state index is 12.1. The molecule has 1 atom stereocenters. The van der Waals surface area contributed by atoms with Gasteiger partial charge in [0.2, 0.25) is 17.7 Å². The predicted molar refractivity (Wildman–Crippen MR) is 100 cm³/mol. The van der Waals surface area contributed by atoms with Crippen LogP contribution in [0.15, 0.2) is 24.3 Å². The molecule has 8 heteroatoms. The molecule has 0 aliphatic heterocycles. The first-order chi connectivity index (χ1) is 12.3. The first-order valence-corrected chi connectivity index (χ1v) is 8.55. The van der Waals surface area contributed by atoms with Gasteiger partial charge in [-0.2, -0.15) is 0 Å². The molecule has 0 spiro atoms. The Labute approximate surface area is 154 Å². The third-order valence-corrected chi connectivity index (χ3v) is 3.50. The number of anilines is 1. The van der Waals surface area contributed by atoms with Gasteiger partial charge < -0.3 is 20.7 Å². The number of nitrogens with zero attached hydrogens (tertiary/aromatic N) is 1. The predicted octanol–water partition coefficient (Wildman–Crippen LogP) is 0.596. The average molecular weight is 364 g/mol. The molecule has 0 aromatic heterocycles. The molecule has 0 unspecified atom stereocenters. The third kappa shape index (κ3) is 7.98. The number of ether oxygens (including phenoxy) is 1. The van der Waals surface area contributed by atoms with Crippen LogP contribution < -0.4 is 20.7 Å². The summed E-state index contributed by atoms with van der Waals surface area (Å²) in [6.45, 7) is 4.20. The molecule has 0 saturated heterocycles. The largest absolute Gasteiger partial charge is 0.497 e. The molecule has 8 nitrogen and oxygen atoms in total. The molecule has 0 aliphatic carbocycles. The van der Waals surface area contributed by atoms with E-state index in [-0.39, 0.29) is 30.8 Å². The molecule has 1 rings (SSSR count). The second-order valence-corrected chi connectivity index (χ2v) is 6.03. The van der Waals surface area contributed by atoms with Gasteiger partial charge in [-0.05, 0) is 32.5 Å². The van der Waals surface area contributed by atoms with E-state index in [9.17, 15) is 14.4 Å². The van der Waals surface area contributed by atoms with Gasteiger partial charge in [-0.1, -0.05) is 13.0 Å². The second-order valence-electron chi connectivity index (χ2n) is 6.03. The number of amides is 3. The molecule has 0 saturated carbocycles. The van der Waals surface area contributed by atoms with Crippen molar-refractivity contribution < 1.29 is 19.1 Å². The summed E-state index contributed by atoms with van der Waals surface area (Å²) in [5, 5.41) is 8.08. The van der Waals surface area contributed by atoms with Crippen molar-refractivity contribution in [2.75, 3.05) is 39.1 Å². The van der Waals surface area contributed by atoms with E-state index in [2.05, 4.69) is 16.0 Å². The van der Waals surface area contributed by atoms with E-state index in [0.717, 1.165) is 6.42 Å². The highest BCUT2D eigenvalue weighted by atomic mass is 16.5. The van der Waals surface area contributed by atoms with Gasteiger partial charge in [0.25, 0.3) is 0 Å². The van der Waals surface area contributed by atoms with E-state index < -0.39 is 6.04 Å². The fourth-order valence-corrected chi connectivity index (χ4v) is 2.20. The van der Waals surface area contributed by atoms with Crippen molar-refractivity contribution in [3.8, 4) is 5.75 Å². The van der Waals surface area contributed by atoms with Crippen LogP contribution in [-0.4, -0.2) is 62.5 Å².